The summed E-state index contributed by atoms with van der Waals surface area (Å²) < 4.78 is 0. The first-order valence-corrected chi connectivity index (χ1v) is 8.47. The van der Waals surface area contributed by atoms with Crippen molar-refractivity contribution in [2.75, 3.05) is 25.5 Å². The minimum absolute atomic E-state index is 0.00825. The molecule has 1 aliphatic heterocycles. The Balaban J connectivity index is 1.88. The number of pyridine rings is 1. The number of likely N-dealkylation sites (tertiary alicyclic amines) is 1. The Morgan fingerprint density at radius 1 is 1.25 bits per heavy atom. The number of piperidine rings is 1. The van der Waals surface area contributed by atoms with Crippen molar-refractivity contribution in [3.63, 3.8) is 0 Å². The topological polar surface area (TPSA) is 74.2 Å². The summed E-state index contributed by atoms with van der Waals surface area (Å²) in [6.45, 7) is 6.12. The lowest BCUT2D eigenvalue weighted by molar-refractivity contribution is 0.260. The van der Waals surface area contributed by atoms with Crippen LogP contribution in [0.5, 0.6) is 5.75 Å². The number of likely N-dealkylation sites (N-methyl/N-ethyl adjacent to an activating group) is 1. The number of nitrogens with zero attached hydrogens (tertiary/aromatic N) is 4. The molecule has 7 heteroatoms. The fraction of sp³-hybridized carbons (Fsp3) is 0.471. The molecule has 1 fully saturated rings. The quantitative estimate of drug-likeness (QED) is 0.889. The summed E-state index contributed by atoms with van der Waals surface area (Å²) in [4.78, 5) is 6.51. The summed E-state index contributed by atoms with van der Waals surface area (Å²) in [6, 6.07) is 1.84. The van der Waals surface area contributed by atoms with E-state index in [0.29, 0.717) is 22.5 Å². The molecule has 24 heavy (non-hydrogen) atoms. The predicted octanol–water partition coefficient (Wildman–Crippen LogP) is 3.02. The SMILES string of the molecule is Cc1c(NC2CCCN(C)C2)nnc(-c2ncc(Cl)cc2O)c1C. The molecule has 2 N–H and O–H groups in total. The van der Waals surface area contributed by atoms with Gasteiger partial charge in [0.05, 0.1) is 5.02 Å². The van der Waals surface area contributed by atoms with Gasteiger partial charge in [0.2, 0.25) is 0 Å². The van der Waals surface area contributed by atoms with Gasteiger partial charge in [-0.3, -0.25) is 0 Å². The molecule has 0 amide bonds. The molecule has 0 radical (unpaired) electrons. The van der Waals surface area contributed by atoms with Crippen molar-refractivity contribution in [1.29, 1.82) is 0 Å². The fourth-order valence-corrected chi connectivity index (χ4v) is 3.21. The van der Waals surface area contributed by atoms with Crippen molar-refractivity contribution >= 4 is 17.4 Å². The standard InChI is InChI=1S/C17H22ClN5O/c1-10-11(2)17(20-13-5-4-6-23(3)9-13)22-21-15(10)16-14(24)7-12(18)8-19-16/h7-8,13,24H,4-6,9H2,1-3H3,(H,20,22). The third-order valence-corrected chi connectivity index (χ3v) is 4.75. The van der Waals surface area contributed by atoms with E-state index < -0.39 is 0 Å². The predicted molar refractivity (Wildman–Crippen MR) is 95.6 cm³/mol. The highest BCUT2D eigenvalue weighted by molar-refractivity contribution is 6.30. The van der Waals surface area contributed by atoms with Crippen molar-refractivity contribution < 1.29 is 5.11 Å². The number of rotatable bonds is 3. The molecule has 1 unspecified atom stereocenters. The summed E-state index contributed by atoms with van der Waals surface area (Å²) >= 11 is 5.85. The second-order valence-electron chi connectivity index (χ2n) is 6.41. The fourth-order valence-electron chi connectivity index (χ4n) is 3.06. The number of anilines is 1. The summed E-state index contributed by atoms with van der Waals surface area (Å²) in [7, 11) is 2.13. The molecular formula is C17H22ClN5O. The molecule has 1 saturated heterocycles. The Kier molecular flexibility index (Phi) is 4.87. The van der Waals surface area contributed by atoms with Crippen LogP contribution < -0.4 is 5.32 Å². The first-order chi connectivity index (χ1) is 11.5. The van der Waals surface area contributed by atoms with Gasteiger partial charge in [-0.05, 0) is 51.4 Å². The van der Waals surface area contributed by atoms with Crippen LogP contribution in [0, 0.1) is 13.8 Å². The molecular weight excluding hydrogens is 326 g/mol. The highest BCUT2D eigenvalue weighted by Crippen LogP contribution is 2.32. The van der Waals surface area contributed by atoms with E-state index in [4.69, 9.17) is 11.6 Å². The van der Waals surface area contributed by atoms with Gasteiger partial charge in [-0.1, -0.05) is 11.6 Å². The van der Waals surface area contributed by atoms with Gasteiger partial charge < -0.3 is 15.3 Å². The van der Waals surface area contributed by atoms with E-state index >= 15 is 0 Å². The van der Waals surface area contributed by atoms with Crippen LogP contribution in [0.25, 0.3) is 11.4 Å². The van der Waals surface area contributed by atoms with Gasteiger partial charge in [-0.25, -0.2) is 4.98 Å². The number of aromatic hydroxyl groups is 1. The van der Waals surface area contributed by atoms with E-state index in [1.165, 1.54) is 18.7 Å². The zero-order chi connectivity index (χ0) is 17.3. The second kappa shape index (κ2) is 6.91. The van der Waals surface area contributed by atoms with Crippen LogP contribution in [0.15, 0.2) is 12.3 Å². The molecule has 0 saturated carbocycles. The molecule has 3 rings (SSSR count). The third kappa shape index (κ3) is 3.44. The molecule has 2 aromatic rings. The van der Waals surface area contributed by atoms with E-state index in [9.17, 15) is 5.11 Å². The Bertz CT molecular complexity index is 752. The van der Waals surface area contributed by atoms with Crippen molar-refractivity contribution in [2.45, 2.75) is 32.7 Å². The van der Waals surface area contributed by atoms with E-state index in [1.54, 1.807) is 0 Å². The Morgan fingerprint density at radius 2 is 2.04 bits per heavy atom. The molecule has 0 aliphatic carbocycles. The molecule has 0 aromatic carbocycles. The van der Waals surface area contributed by atoms with Crippen molar-refractivity contribution in [2.24, 2.45) is 0 Å². The van der Waals surface area contributed by atoms with E-state index in [0.717, 1.165) is 36.5 Å². The maximum Gasteiger partial charge on any atom is 0.152 e. The molecule has 1 aliphatic rings. The molecule has 1 atom stereocenters. The van der Waals surface area contributed by atoms with E-state index in [1.807, 2.05) is 13.8 Å². The van der Waals surface area contributed by atoms with Crippen LogP contribution in [0.1, 0.15) is 24.0 Å². The Morgan fingerprint density at radius 3 is 2.75 bits per heavy atom. The van der Waals surface area contributed by atoms with Gasteiger partial charge in [0.25, 0.3) is 0 Å². The number of nitrogens with one attached hydrogen (secondary N) is 1. The number of aromatic nitrogens is 3. The van der Waals surface area contributed by atoms with Gasteiger partial charge in [0, 0.05) is 24.8 Å². The first kappa shape index (κ1) is 16.9. The summed E-state index contributed by atoms with van der Waals surface area (Å²) in [5, 5.41) is 22.6. The van der Waals surface area contributed by atoms with Crippen molar-refractivity contribution in [3.05, 3.63) is 28.4 Å². The van der Waals surface area contributed by atoms with E-state index in [2.05, 4.69) is 32.4 Å². The number of halogens is 1. The molecule has 0 bridgehead atoms. The monoisotopic (exact) mass is 347 g/mol. The van der Waals surface area contributed by atoms with Crippen LogP contribution in [0.3, 0.4) is 0 Å². The van der Waals surface area contributed by atoms with Crippen LogP contribution in [0.4, 0.5) is 5.82 Å². The maximum atomic E-state index is 10.1. The molecule has 6 nitrogen and oxygen atoms in total. The van der Waals surface area contributed by atoms with Gasteiger partial charge in [0.1, 0.15) is 17.1 Å². The minimum atomic E-state index is 0.00825. The van der Waals surface area contributed by atoms with Gasteiger partial charge in [-0.15, -0.1) is 10.2 Å². The lowest BCUT2D eigenvalue weighted by Crippen LogP contribution is -2.40. The Hall–Kier alpha value is -1.92. The molecule has 0 spiro atoms. The minimum Gasteiger partial charge on any atom is -0.506 e. The second-order valence-corrected chi connectivity index (χ2v) is 6.85. The highest BCUT2D eigenvalue weighted by Gasteiger charge is 2.20. The smallest absolute Gasteiger partial charge is 0.152 e. The lowest BCUT2D eigenvalue weighted by atomic mass is 10.0. The first-order valence-electron chi connectivity index (χ1n) is 8.09. The van der Waals surface area contributed by atoms with Gasteiger partial charge in [0.15, 0.2) is 5.82 Å². The Labute approximate surface area is 146 Å². The van der Waals surface area contributed by atoms with Crippen LogP contribution in [-0.4, -0.2) is 51.4 Å². The van der Waals surface area contributed by atoms with Crippen LogP contribution in [-0.2, 0) is 0 Å². The van der Waals surface area contributed by atoms with Gasteiger partial charge >= 0.3 is 0 Å². The average Bonchev–Trinajstić information content (AvgIpc) is 2.53. The normalized spacial score (nSPS) is 18.6. The van der Waals surface area contributed by atoms with Gasteiger partial charge in [-0.2, -0.15) is 0 Å². The zero-order valence-corrected chi connectivity index (χ0v) is 14.9. The van der Waals surface area contributed by atoms with Crippen molar-refractivity contribution in [3.8, 4) is 17.1 Å². The van der Waals surface area contributed by atoms with Crippen molar-refractivity contribution in [1.82, 2.24) is 20.1 Å². The largest absolute Gasteiger partial charge is 0.506 e. The number of hydrogen-bond donors (Lipinski definition) is 2. The maximum absolute atomic E-state index is 10.1. The zero-order valence-electron chi connectivity index (χ0n) is 14.2. The summed E-state index contributed by atoms with van der Waals surface area (Å²) in [6.07, 6.45) is 3.81. The van der Waals surface area contributed by atoms with Crippen LogP contribution >= 0.6 is 11.6 Å². The van der Waals surface area contributed by atoms with Crippen LogP contribution in [0.2, 0.25) is 5.02 Å². The molecule has 128 valence electrons. The van der Waals surface area contributed by atoms with E-state index in [-0.39, 0.29) is 5.75 Å². The summed E-state index contributed by atoms with van der Waals surface area (Å²) in [5.41, 5.74) is 2.94. The average molecular weight is 348 g/mol. The highest BCUT2D eigenvalue weighted by atomic mass is 35.5. The molecule has 2 aromatic heterocycles. The molecule has 3 heterocycles. The summed E-state index contributed by atoms with van der Waals surface area (Å²) in [5.74, 6) is 0.805. The third-order valence-electron chi connectivity index (χ3n) is 4.55. The number of hydrogen-bond acceptors (Lipinski definition) is 6. The lowest BCUT2D eigenvalue weighted by Gasteiger charge is -2.31.